The highest BCUT2D eigenvalue weighted by Crippen LogP contribution is 2.13. The number of nitrogens with one attached hydrogen (secondary N) is 1. The van der Waals surface area contributed by atoms with Gasteiger partial charge in [0.15, 0.2) is 0 Å². The number of carbonyl (C=O) groups excluding carboxylic acids is 1. The van der Waals surface area contributed by atoms with Crippen molar-refractivity contribution in [3.63, 3.8) is 0 Å². The van der Waals surface area contributed by atoms with Crippen LogP contribution in [-0.2, 0) is 6.42 Å². The Labute approximate surface area is 141 Å². The molecule has 3 N–H and O–H groups in total. The molecule has 2 rings (SSSR count). The van der Waals surface area contributed by atoms with Crippen molar-refractivity contribution in [3.05, 3.63) is 77.6 Å². The lowest BCUT2D eigenvalue weighted by molar-refractivity contribution is 0.0954. The summed E-state index contributed by atoms with van der Waals surface area (Å²) in [5.74, 6) is -0.0664. The topological polar surface area (TPSA) is 64.3 Å². The van der Waals surface area contributed by atoms with Gasteiger partial charge in [-0.2, -0.15) is 0 Å². The summed E-state index contributed by atoms with van der Waals surface area (Å²) < 4.78 is 18.4. The zero-order valence-electron chi connectivity index (χ0n) is 13.4. The Morgan fingerprint density at radius 3 is 2.50 bits per heavy atom. The largest absolute Gasteiger partial charge is 0.487 e. The van der Waals surface area contributed by atoms with E-state index in [9.17, 15) is 9.18 Å². The van der Waals surface area contributed by atoms with Crippen LogP contribution in [0.15, 0.2) is 66.5 Å². The Bertz CT molecular complexity index is 670. The van der Waals surface area contributed by atoms with E-state index in [1.807, 2.05) is 30.3 Å². The van der Waals surface area contributed by atoms with Crippen molar-refractivity contribution in [2.45, 2.75) is 6.42 Å². The molecule has 0 atom stereocenters. The van der Waals surface area contributed by atoms with Crippen LogP contribution in [0.1, 0.15) is 15.9 Å². The van der Waals surface area contributed by atoms with Gasteiger partial charge in [-0.05, 0) is 42.3 Å². The van der Waals surface area contributed by atoms with Crippen molar-refractivity contribution in [1.82, 2.24) is 5.32 Å². The summed E-state index contributed by atoms with van der Waals surface area (Å²) in [4.78, 5) is 12.1. The fourth-order valence-electron chi connectivity index (χ4n) is 2.11. The molecule has 0 aliphatic rings. The summed E-state index contributed by atoms with van der Waals surface area (Å²) in [6, 6.07) is 16.5. The Hall–Kier alpha value is -2.66. The summed E-state index contributed by atoms with van der Waals surface area (Å²) >= 11 is 0. The predicted molar refractivity (Wildman–Crippen MR) is 92.7 cm³/mol. The van der Waals surface area contributed by atoms with E-state index in [0.29, 0.717) is 17.9 Å². The summed E-state index contributed by atoms with van der Waals surface area (Å²) in [6.45, 7) is 0.535. The molecule has 0 radical (unpaired) electrons. The van der Waals surface area contributed by atoms with E-state index < -0.39 is 5.83 Å². The van der Waals surface area contributed by atoms with Gasteiger partial charge in [0.2, 0.25) is 0 Å². The second-order valence-electron chi connectivity index (χ2n) is 5.19. The van der Waals surface area contributed by atoms with Gasteiger partial charge in [0.1, 0.15) is 18.2 Å². The van der Waals surface area contributed by atoms with Gasteiger partial charge >= 0.3 is 0 Å². The maximum atomic E-state index is 13.2. The first-order valence-corrected chi connectivity index (χ1v) is 7.78. The van der Waals surface area contributed by atoms with E-state index in [-0.39, 0.29) is 19.1 Å². The van der Waals surface area contributed by atoms with Crippen molar-refractivity contribution in [2.75, 3.05) is 19.7 Å². The molecule has 5 heteroatoms. The molecule has 2 aromatic rings. The Kier molecular flexibility index (Phi) is 6.98. The summed E-state index contributed by atoms with van der Waals surface area (Å²) in [6.07, 6.45) is 2.04. The molecule has 126 valence electrons. The van der Waals surface area contributed by atoms with Gasteiger partial charge in [0.05, 0.1) is 0 Å². The molecule has 0 saturated heterocycles. The number of hydrogen-bond donors (Lipinski definition) is 2. The molecule has 0 aliphatic heterocycles. The summed E-state index contributed by atoms with van der Waals surface area (Å²) in [5.41, 5.74) is 6.92. The van der Waals surface area contributed by atoms with E-state index in [0.717, 1.165) is 6.42 Å². The highest BCUT2D eigenvalue weighted by molar-refractivity contribution is 5.94. The minimum absolute atomic E-state index is 0.136. The first-order chi connectivity index (χ1) is 11.7. The first kappa shape index (κ1) is 17.7. The molecule has 1 amide bonds. The molecule has 0 aromatic heterocycles. The average Bonchev–Trinajstić information content (AvgIpc) is 2.61. The number of carbonyl (C=O) groups is 1. The predicted octanol–water partition coefficient (Wildman–Crippen LogP) is 2.85. The second kappa shape index (κ2) is 9.47. The lowest BCUT2D eigenvalue weighted by atomic mass is 10.1. The monoisotopic (exact) mass is 328 g/mol. The Morgan fingerprint density at radius 1 is 1.12 bits per heavy atom. The number of benzene rings is 2. The Balaban J connectivity index is 1.79. The van der Waals surface area contributed by atoms with E-state index in [1.54, 1.807) is 24.3 Å². The van der Waals surface area contributed by atoms with Crippen molar-refractivity contribution in [2.24, 2.45) is 5.73 Å². The molecule has 24 heavy (non-hydrogen) atoms. The minimum atomic E-state index is -0.416. The Morgan fingerprint density at radius 2 is 1.83 bits per heavy atom. The first-order valence-electron chi connectivity index (χ1n) is 7.78. The summed E-state index contributed by atoms with van der Waals surface area (Å²) in [5, 5.41) is 2.87. The SMILES string of the molecule is NC/C=C(\F)COc1ccc(C(=O)NCCc2ccccc2)cc1. The third-order valence-corrected chi connectivity index (χ3v) is 3.37. The maximum Gasteiger partial charge on any atom is 0.251 e. The van der Waals surface area contributed by atoms with E-state index in [4.69, 9.17) is 10.5 Å². The highest BCUT2D eigenvalue weighted by Gasteiger charge is 2.05. The van der Waals surface area contributed by atoms with Crippen LogP contribution < -0.4 is 15.8 Å². The molecule has 0 saturated carbocycles. The van der Waals surface area contributed by atoms with Crippen molar-refractivity contribution < 1.29 is 13.9 Å². The van der Waals surface area contributed by atoms with Crippen molar-refractivity contribution in [1.29, 1.82) is 0 Å². The van der Waals surface area contributed by atoms with Gasteiger partial charge in [-0.1, -0.05) is 30.3 Å². The number of hydrogen-bond acceptors (Lipinski definition) is 3. The fraction of sp³-hybridized carbons (Fsp3) is 0.211. The number of halogens is 1. The normalized spacial score (nSPS) is 11.2. The average molecular weight is 328 g/mol. The van der Waals surface area contributed by atoms with Crippen LogP contribution in [0.2, 0.25) is 0 Å². The van der Waals surface area contributed by atoms with Gasteiger partial charge in [0, 0.05) is 18.7 Å². The molecule has 0 spiro atoms. The molecule has 0 unspecified atom stereocenters. The number of amides is 1. The van der Waals surface area contributed by atoms with Gasteiger partial charge in [0.25, 0.3) is 5.91 Å². The van der Waals surface area contributed by atoms with Crippen LogP contribution >= 0.6 is 0 Å². The lowest BCUT2D eigenvalue weighted by Crippen LogP contribution is -2.25. The molecular formula is C19H21FN2O2. The van der Waals surface area contributed by atoms with E-state index in [1.165, 1.54) is 11.6 Å². The van der Waals surface area contributed by atoms with Crippen LogP contribution in [0.25, 0.3) is 0 Å². The standard InChI is InChI=1S/C19H21FN2O2/c20-17(10-12-21)14-24-18-8-6-16(7-9-18)19(23)22-13-11-15-4-2-1-3-5-15/h1-10H,11-14,21H2,(H,22,23)/b17-10-. The molecule has 4 nitrogen and oxygen atoms in total. The third-order valence-electron chi connectivity index (χ3n) is 3.37. The minimum Gasteiger partial charge on any atom is -0.487 e. The maximum absolute atomic E-state index is 13.2. The molecule has 0 aliphatic carbocycles. The smallest absolute Gasteiger partial charge is 0.251 e. The molecule has 0 heterocycles. The molecular weight excluding hydrogens is 307 g/mol. The number of rotatable bonds is 8. The highest BCUT2D eigenvalue weighted by atomic mass is 19.1. The van der Waals surface area contributed by atoms with Crippen LogP contribution in [-0.4, -0.2) is 25.6 Å². The van der Waals surface area contributed by atoms with Crippen LogP contribution in [0.5, 0.6) is 5.75 Å². The van der Waals surface area contributed by atoms with Gasteiger partial charge in [-0.15, -0.1) is 0 Å². The number of ether oxygens (including phenoxy) is 1. The molecule has 0 fully saturated rings. The quantitative estimate of drug-likeness (QED) is 0.783. The summed E-state index contributed by atoms with van der Waals surface area (Å²) in [7, 11) is 0. The number of nitrogens with two attached hydrogens (primary N) is 1. The zero-order chi connectivity index (χ0) is 17.2. The molecule has 2 aromatic carbocycles. The zero-order valence-corrected chi connectivity index (χ0v) is 13.4. The van der Waals surface area contributed by atoms with E-state index in [2.05, 4.69) is 5.32 Å². The van der Waals surface area contributed by atoms with Crippen molar-refractivity contribution >= 4 is 5.91 Å². The van der Waals surface area contributed by atoms with Crippen LogP contribution in [0.4, 0.5) is 4.39 Å². The third kappa shape index (κ3) is 5.85. The van der Waals surface area contributed by atoms with Crippen molar-refractivity contribution in [3.8, 4) is 5.75 Å². The van der Waals surface area contributed by atoms with Crippen LogP contribution in [0, 0.1) is 0 Å². The molecule has 0 bridgehead atoms. The van der Waals surface area contributed by atoms with Crippen LogP contribution in [0.3, 0.4) is 0 Å². The van der Waals surface area contributed by atoms with Gasteiger partial charge in [-0.25, -0.2) is 4.39 Å². The van der Waals surface area contributed by atoms with E-state index >= 15 is 0 Å². The second-order valence-corrected chi connectivity index (χ2v) is 5.19. The van der Waals surface area contributed by atoms with Gasteiger partial charge < -0.3 is 15.8 Å². The van der Waals surface area contributed by atoms with Gasteiger partial charge in [-0.3, -0.25) is 4.79 Å². The fourth-order valence-corrected chi connectivity index (χ4v) is 2.11. The lowest BCUT2D eigenvalue weighted by Gasteiger charge is -2.07.